The summed E-state index contributed by atoms with van der Waals surface area (Å²) in [5, 5.41) is 43.0. The van der Waals surface area contributed by atoms with E-state index in [1.165, 1.54) is 30.6 Å². The average molecular weight is 437 g/mol. The molecule has 0 aromatic carbocycles. The minimum Gasteiger partial charge on any atom is -0.481 e. The maximum absolute atomic E-state index is 11.9. The Balaban J connectivity index is 0. The normalized spacial score (nSPS) is 10.6. The third-order valence-electron chi connectivity index (χ3n) is 4.56. The molecule has 0 aliphatic heterocycles. The van der Waals surface area contributed by atoms with Crippen molar-refractivity contribution in [1.29, 1.82) is 0 Å². The van der Waals surface area contributed by atoms with Crippen LogP contribution in [0.3, 0.4) is 0 Å². The molecule has 0 rings (SSSR count). The van der Waals surface area contributed by atoms with Crippen LogP contribution in [0.25, 0.3) is 0 Å². The minimum atomic E-state index is -0.920. The lowest BCUT2D eigenvalue weighted by molar-refractivity contribution is -0.138. The van der Waals surface area contributed by atoms with Crippen LogP contribution in [0.5, 0.6) is 0 Å². The first kappa shape index (κ1) is 30.9. The third kappa shape index (κ3) is 21.4. The fraction of sp³-hybridized carbons (Fsp3) is 0.905. The molecule has 5 N–H and O–H groups in total. The molecule has 0 aliphatic carbocycles. The van der Waals surface area contributed by atoms with Crippen molar-refractivity contribution in [2.75, 3.05) is 59.2 Å². The molecule has 180 valence electrons. The Kier molecular flexibility index (Phi) is 24.8. The van der Waals surface area contributed by atoms with Gasteiger partial charge in [-0.15, -0.1) is 0 Å². The lowest BCUT2D eigenvalue weighted by atomic mass is 10.1. The van der Waals surface area contributed by atoms with E-state index in [2.05, 4.69) is 6.92 Å². The number of rotatable bonds is 19. The Morgan fingerprint density at radius 1 is 0.633 bits per heavy atom. The number of aliphatic hydroxyl groups excluding tert-OH is 4. The second-order valence-corrected chi connectivity index (χ2v) is 7.13. The zero-order chi connectivity index (χ0) is 23.0. The summed E-state index contributed by atoms with van der Waals surface area (Å²) in [6.45, 7) is 4.23. The van der Waals surface area contributed by atoms with Crippen LogP contribution in [0.15, 0.2) is 0 Å². The van der Waals surface area contributed by atoms with E-state index in [1.807, 2.05) is 0 Å². The van der Waals surface area contributed by atoms with Gasteiger partial charge >= 0.3 is 5.97 Å². The quantitative estimate of drug-likeness (QED) is 0.186. The highest BCUT2D eigenvalue weighted by molar-refractivity contribution is 5.77. The van der Waals surface area contributed by atoms with E-state index >= 15 is 0 Å². The number of hydrogen-bond acceptors (Lipinski definition) is 7. The molecule has 30 heavy (non-hydrogen) atoms. The van der Waals surface area contributed by atoms with Gasteiger partial charge in [-0.3, -0.25) is 14.5 Å². The number of carbonyl (C=O) groups excluding carboxylic acids is 1. The maximum Gasteiger partial charge on any atom is 0.305 e. The van der Waals surface area contributed by atoms with Crippen LogP contribution in [0.1, 0.15) is 64.7 Å². The molecule has 9 heteroatoms. The number of unbranched alkanes of at least 4 members (excludes halogenated alkanes) is 6. The highest BCUT2D eigenvalue weighted by Crippen LogP contribution is 2.09. The van der Waals surface area contributed by atoms with E-state index in [0.29, 0.717) is 26.1 Å². The first-order valence-electron chi connectivity index (χ1n) is 11.1. The molecule has 0 saturated carbocycles. The summed E-state index contributed by atoms with van der Waals surface area (Å²) >= 11 is 0. The van der Waals surface area contributed by atoms with Gasteiger partial charge in [-0.25, -0.2) is 0 Å². The SMILES string of the molecule is CCCCCCCCCC(=O)N(CCO)CCC(=O)O.OCCN(CCO)CCO. The molecule has 0 aliphatic rings. The largest absolute Gasteiger partial charge is 0.481 e. The molecule has 0 bridgehead atoms. The van der Waals surface area contributed by atoms with Crippen LogP contribution >= 0.6 is 0 Å². The molecule has 0 heterocycles. The van der Waals surface area contributed by atoms with Gasteiger partial charge in [0, 0.05) is 39.1 Å². The number of nitrogens with zero attached hydrogens (tertiary/aromatic N) is 2. The van der Waals surface area contributed by atoms with Crippen molar-refractivity contribution >= 4 is 11.9 Å². The van der Waals surface area contributed by atoms with Crippen LogP contribution in [0.2, 0.25) is 0 Å². The van der Waals surface area contributed by atoms with Crippen LogP contribution in [-0.2, 0) is 9.59 Å². The molecule has 9 nitrogen and oxygen atoms in total. The number of hydrogen-bond donors (Lipinski definition) is 5. The van der Waals surface area contributed by atoms with Gasteiger partial charge in [0.25, 0.3) is 0 Å². The van der Waals surface area contributed by atoms with E-state index in [0.717, 1.165) is 19.3 Å². The molecule has 0 spiro atoms. The maximum atomic E-state index is 11.9. The van der Waals surface area contributed by atoms with Crippen molar-refractivity contribution in [3.8, 4) is 0 Å². The summed E-state index contributed by atoms with van der Waals surface area (Å²) in [6.07, 6.45) is 8.43. The second kappa shape index (κ2) is 24.0. The van der Waals surface area contributed by atoms with E-state index in [9.17, 15) is 9.59 Å². The van der Waals surface area contributed by atoms with E-state index in [-0.39, 0.29) is 51.8 Å². The van der Waals surface area contributed by atoms with Gasteiger partial charge in [0.05, 0.1) is 32.8 Å². The molecule has 1 amide bonds. The molecular weight excluding hydrogens is 392 g/mol. The van der Waals surface area contributed by atoms with Gasteiger partial charge in [0.2, 0.25) is 5.91 Å². The highest BCUT2D eigenvalue weighted by Gasteiger charge is 2.13. The topological polar surface area (TPSA) is 142 Å². The molecule has 0 atom stereocenters. The van der Waals surface area contributed by atoms with E-state index < -0.39 is 5.97 Å². The Labute approximate surface area is 181 Å². The van der Waals surface area contributed by atoms with E-state index in [1.54, 1.807) is 4.90 Å². The smallest absolute Gasteiger partial charge is 0.305 e. The fourth-order valence-corrected chi connectivity index (χ4v) is 2.86. The summed E-state index contributed by atoms with van der Waals surface area (Å²) in [5.74, 6) is -0.967. The number of carboxylic acid groups (broad SMARTS) is 1. The predicted molar refractivity (Wildman–Crippen MR) is 116 cm³/mol. The Morgan fingerprint density at radius 2 is 1.10 bits per heavy atom. The third-order valence-corrected chi connectivity index (χ3v) is 4.56. The molecular formula is C21H44N2O7. The highest BCUT2D eigenvalue weighted by atomic mass is 16.4. The van der Waals surface area contributed by atoms with Crippen molar-refractivity contribution in [3.05, 3.63) is 0 Å². The molecule has 0 aromatic rings. The summed E-state index contributed by atoms with van der Waals surface area (Å²) in [4.78, 5) is 25.7. The van der Waals surface area contributed by atoms with Crippen LogP contribution in [0, 0.1) is 0 Å². The van der Waals surface area contributed by atoms with Gasteiger partial charge in [-0.1, -0.05) is 45.4 Å². The first-order valence-corrected chi connectivity index (χ1v) is 11.1. The van der Waals surface area contributed by atoms with E-state index in [4.69, 9.17) is 25.5 Å². The number of carboxylic acids is 1. The van der Waals surface area contributed by atoms with Crippen LogP contribution < -0.4 is 0 Å². The van der Waals surface area contributed by atoms with Gasteiger partial charge in [0.15, 0.2) is 0 Å². The Morgan fingerprint density at radius 3 is 1.53 bits per heavy atom. The summed E-state index contributed by atoms with van der Waals surface area (Å²) < 4.78 is 0. The van der Waals surface area contributed by atoms with Gasteiger partial charge < -0.3 is 30.4 Å². The van der Waals surface area contributed by atoms with Gasteiger partial charge in [-0.2, -0.15) is 0 Å². The molecule has 0 fully saturated rings. The molecule has 0 radical (unpaired) electrons. The van der Waals surface area contributed by atoms with Gasteiger partial charge in [0.1, 0.15) is 0 Å². The molecule has 0 unspecified atom stereocenters. The summed E-state index contributed by atoms with van der Waals surface area (Å²) in [7, 11) is 0. The monoisotopic (exact) mass is 436 g/mol. The number of carbonyl (C=O) groups is 2. The van der Waals surface area contributed by atoms with Crippen molar-refractivity contribution in [1.82, 2.24) is 9.80 Å². The number of aliphatic carboxylic acids is 1. The summed E-state index contributed by atoms with van der Waals surface area (Å²) in [6, 6.07) is 0. The van der Waals surface area contributed by atoms with Crippen molar-refractivity contribution in [2.24, 2.45) is 0 Å². The molecule has 0 aromatic heterocycles. The number of amides is 1. The standard InChI is InChI=1S/C15H29NO4.C6H15NO3/c1-2-3-4-5-6-7-8-9-14(18)16(12-13-17)11-10-15(19)20;8-4-1-7(2-5-9)3-6-10/h17H,2-13H2,1H3,(H,19,20);8-10H,1-6H2. The van der Waals surface area contributed by atoms with Crippen molar-refractivity contribution < 1.29 is 35.1 Å². The number of aliphatic hydroxyl groups is 4. The summed E-state index contributed by atoms with van der Waals surface area (Å²) in [5.41, 5.74) is 0. The van der Waals surface area contributed by atoms with Crippen molar-refractivity contribution in [2.45, 2.75) is 64.7 Å². The lowest BCUT2D eigenvalue weighted by Crippen LogP contribution is -2.35. The minimum absolute atomic E-state index is 0.0474. The van der Waals surface area contributed by atoms with Gasteiger partial charge in [-0.05, 0) is 6.42 Å². The van der Waals surface area contributed by atoms with Crippen LogP contribution in [-0.4, -0.2) is 106 Å². The Hall–Kier alpha value is -1.26. The predicted octanol–water partition coefficient (Wildman–Crippen LogP) is 0.688. The fourth-order valence-electron chi connectivity index (χ4n) is 2.86. The zero-order valence-corrected chi connectivity index (χ0v) is 18.7. The van der Waals surface area contributed by atoms with Crippen molar-refractivity contribution in [3.63, 3.8) is 0 Å². The second-order valence-electron chi connectivity index (χ2n) is 7.13. The zero-order valence-electron chi connectivity index (χ0n) is 18.7. The first-order chi connectivity index (χ1) is 14.5. The average Bonchev–Trinajstić information content (AvgIpc) is 2.71. The Bertz CT molecular complexity index is 383. The lowest BCUT2D eigenvalue weighted by Gasteiger charge is -2.20. The molecule has 0 saturated heterocycles. The van der Waals surface area contributed by atoms with Crippen LogP contribution in [0.4, 0.5) is 0 Å².